The fourth-order valence-corrected chi connectivity index (χ4v) is 6.28. The van der Waals surface area contributed by atoms with Gasteiger partial charge in [-0.1, -0.05) is 42.3 Å². The average Bonchev–Trinajstić information content (AvgIpc) is 3.40. The van der Waals surface area contributed by atoms with Crippen molar-refractivity contribution in [3.63, 3.8) is 0 Å². The number of methoxy groups -OCH3 is 1. The summed E-state index contributed by atoms with van der Waals surface area (Å²) in [7, 11) is 1.62. The second-order valence-electron chi connectivity index (χ2n) is 11.2. The molecule has 9 rings (SSSR count). The topological polar surface area (TPSA) is 110 Å². The molecule has 9 bridgehead atoms. The number of carbonyl (C=O) groups excluding carboxylic acids is 1. The summed E-state index contributed by atoms with van der Waals surface area (Å²) in [6, 6.07) is 12.1. The first kappa shape index (κ1) is 26.9. The number of hydrogen-bond acceptors (Lipinski definition) is 6. The first-order valence-electron chi connectivity index (χ1n) is 14.4. The molecule has 5 aliphatic heterocycles. The normalized spacial score (nSPS) is 17.7. The van der Waals surface area contributed by atoms with Crippen molar-refractivity contribution < 1.29 is 19.4 Å². The lowest BCUT2D eigenvalue weighted by molar-refractivity contribution is -0.137. The number of rotatable bonds is 3. The van der Waals surface area contributed by atoms with Crippen LogP contribution in [0.2, 0.25) is 0 Å². The van der Waals surface area contributed by atoms with E-state index >= 15 is 0 Å². The lowest BCUT2D eigenvalue weighted by Gasteiger charge is -2.30. The zero-order chi connectivity index (χ0) is 28.5. The number of carbonyl (C=O) groups is 2. The van der Waals surface area contributed by atoms with E-state index in [0.29, 0.717) is 29.9 Å². The average molecular weight is 554 g/mol. The second-order valence-corrected chi connectivity index (χ2v) is 11.2. The first-order chi connectivity index (χ1) is 19.9. The predicted molar refractivity (Wildman–Crippen MR) is 154 cm³/mol. The number of amides is 1. The van der Waals surface area contributed by atoms with Crippen LogP contribution in [0.4, 0.5) is 0 Å². The van der Waals surface area contributed by atoms with Gasteiger partial charge in [-0.15, -0.1) is 5.10 Å². The van der Waals surface area contributed by atoms with Gasteiger partial charge in [0.05, 0.1) is 19.1 Å². The number of carboxylic acids is 1. The molecule has 0 saturated heterocycles. The van der Waals surface area contributed by atoms with Crippen molar-refractivity contribution in [3.05, 3.63) is 81.5 Å². The fraction of sp³-hybridized carbons (Fsp3) is 0.406. The summed E-state index contributed by atoms with van der Waals surface area (Å²) in [6.45, 7) is 3.77. The largest absolute Gasteiger partial charge is 0.496 e. The Morgan fingerprint density at radius 2 is 1.90 bits per heavy atom. The number of nitrogens with zero attached hydrogens (tertiary/aromatic N) is 5. The molecular weight excluding hydrogens is 518 g/mol. The second kappa shape index (κ2) is 11.3. The van der Waals surface area contributed by atoms with E-state index in [1.165, 1.54) is 5.56 Å². The molecule has 1 amide bonds. The van der Waals surface area contributed by atoms with E-state index in [1.807, 2.05) is 40.8 Å². The molecule has 1 atom stereocenters. The number of carboxylic acid groups (broad SMARTS) is 1. The molecule has 0 aliphatic carbocycles. The van der Waals surface area contributed by atoms with Crippen LogP contribution in [0.25, 0.3) is 11.2 Å². The van der Waals surface area contributed by atoms with Crippen LogP contribution in [0.1, 0.15) is 81.8 Å². The van der Waals surface area contributed by atoms with Crippen LogP contribution in [-0.2, 0) is 30.7 Å². The molecule has 2 aromatic heterocycles. The van der Waals surface area contributed by atoms with Gasteiger partial charge >= 0.3 is 5.97 Å². The Balaban J connectivity index is 1.43. The van der Waals surface area contributed by atoms with Crippen molar-refractivity contribution in [2.24, 2.45) is 0 Å². The Hall–Kier alpha value is -4.27. The van der Waals surface area contributed by atoms with Crippen molar-refractivity contribution in [1.29, 1.82) is 0 Å². The molecule has 0 fully saturated rings. The molecular formula is C32H35N5O4. The number of aliphatic carboxylic acids is 1. The molecule has 212 valence electrons. The van der Waals surface area contributed by atoms with Gasteiger partial charge in [0.2, 0.25) is 0 Å². The Morgan fingerprint density at radius 1 is 1.05 bits per heavy atom. The lowest BCUT2D eigenvalue weighted by atomic mass is 9.84. The van der Waals surface area contributed by atoms with Crippen LogP contribution >= 0.6 is 0 Å². The minimum atomic E-state index is -0.885. The van der Waals surface area contributed by atoms with E-state index in [1.54, 1.807) is 13.3 Å². The highest BCUT2D eigenvalue weighted by Gasteiger charge is 2.27. The summed E-state index contributed by atoms with van der Waals surface area (Å²) in [5, 5.41) is 18.7. The molecule has 0 saturated carbocycles. The summed E-state index contributed by atoms with van der Waals surface area (Å²) in [5.74, 6) is -0.736. The number of hydrogen-bond donors (Lipinski definition) is 1. The third-order valence-electron chi connectivity index (χ3n) is 8.59. The molecule has 5 aliphatic rings. The van der Waals surface area contributed by atoms with Crippen LogP contribution in [0, 0.1) is 6.92 Å². The van der Waals surface area contributed by atoms with E-state index in [2.05, 4.69) is 22.4 Å². The Bertz CT molecular complexity index is 1630. The molecule has 0 spiro atoms. The van der Waals surface area contributed by atoms with Gasteiger partial charge in [0, 0.05) is 31.7 Å². The first-order valence-corrected chi connectivity index (χ1v) is 14.4. The van der Waals surface area contributed by atoms with Crippen LogP contribution in [0.15, 0.2) is 42.6 Å². The maximum atomic E-state index is 13.7. The highest BCUT2D eigenvalue weighted by molar-refractivity contribution is 5.97. The highest BCUT2D eigenvalue weighted by Crippen LogP contribution is 2.35. The monoisotopic (exact) mass is 553 g/mol. The lowest BCUT2D eigenvalue weighted by Crippen LogP contribution is -2.36. The molecule has 9 nitrogen and oxygen atoms in total. The minimum absolute atomic E-state index is 0.0535. The summed E-state index contributed by atoms with van der Waals surface area (Å²) in [5.41, 5.74) is 8.02. The van der Waals surface area contributed by atoms with E-state index in [-0.39, 0.29) is 12.3 Å². The van der Waals surface area contributed by atoms with Gasteiger partial charge < -0.3 is 14.7 Å². The molecule has 41 heavy (non-hydrogen) atoms. The summed E-state index contributed by atoms with van der Waals surface area (Å²) in [6.07, 6.45) is 7.53. The SMILES string of the molecule is COc1cc2ccc1C(=O)N1CCc3ccc(cc3C1)C(CC(=O)O)c1cnc3c(nnn3CCCCCC2)c1C. The van der Waals surface area contributed by atoms with Gasteiger partial charge in [0.1, 0.15) is 11.3 Å². The van der Waals surface area contributed by atoms with E-state index in [9.17, 15) is 14.7 Å². The van der Waals surface area contributed by atoms with E-state index in [0.717, 1.165) is 78.5 Å². The van der Waals surface area contributed by atoms with Crippen molar-refractivity contribution in [2.45, 2.75) is 70.9 Å². The maximum absolute atomic E-state index is 13.7. The fourth-order valence-electron chi connectivity index (χ4n) is 6.28. The van der Waals surface area contributed by atoms with Gasteiger partial charge in [-0.3, -0.25) is 9.59 Å². The standard InChI is InChI=1S/C32H35N5O4/c1-20-27-18-33-31-30(20)34-35-37(31)13-6-4-3-5-7-21-8-11-25(28(15-21)41-2)32(40)36-14-12-22-9-10-23(16-24(22)19-36)26(27)17-29(38)39/h8-11,15-16,18,26H,3-7,12-14,17,19H2,1-2H3,(H,38,39). The molecule has 9 heteroatoms. The van der Waals surface area contributed by atoms with Crippen LogP contribution in [0.5, 0.6) is 5.75 Å². The van der Waals surface area contributed by atoms with Gasteiger partial charge in [-0.05, 0) is 78.1 Å². The number of aryl methyl sites for hydroxylation is 3. The predicted octanol–water partition coefficient (Wildman–Crippen LogP) is 5.06. The third-order valence-corrected chi connectivity index (χ3v) is 8.59. The Labute approximate surface area is 239 Å². The van der Waals surface area contributed by atoms with Gasteiger partial charge in [0.15, 0.2) is 5.65 Å². The van der Waals surface area contributed by atoms with Gasteiger partial charge in [-0.25, -0.2) is 9.67 Å². The van der Waals surface area contributed by atoms with Crippen molar-refractivity contribution >= 4 is 23.0 Å². The number of aromatic nitrogens is 4. The highest BCUT2D eigenvalue weighted by atomic mass is 16.5. The summed E-state index contributed by atoms with van der Waals surface area (Å²) >= 11 is 0. The van der Waals surface area contributed by atoms with Crippen LogP contribution in [0.3, 0.4) is 0 Å². The smallest absolute Gasteiger partial charge is 0.304 e. The number of ether oxygens (including phenoxy) is 1. The Kier molecular flexibility index (Phi) is 7.43. The number of benzene rings is 2. The minimum Gasteiger partial charge on any atom is -0.496 e. The third kappa shape index (κ3) is 5.28. The van der Waals surface area contributed by atoms with Gasteiger partial charge in [-0.2, -0.15) is 0 Å². The summed E-state index contributed by atoms with van der Waals surface area (Å²) in [4.78, 5) is 32.3. The molecule has 2 aromatic carbocycles. The molecule has 4 aromatic rings. The van der Waals surface area contributed by atoms with Crippen molar-refractivity contribution in [1.82, 2.24) is 24.9 Å². The molecule has 0 radical (unpaired) electrons. The Morgan fingerprint density at radius 3 is 2.73 bits per heavy atom. The van der Waals surface area contributed by atoms with Crippen molar-refractivity contribution in [3.8, 4) is 5.75 Å². The number of pyridine rings is 1. The zero-order valence-corrected chi connectivity index (χ0v) is 23.6. The molecule has 1 unspecified atom stereocenters. The molecule has 1 N–H and O–H groups in total. The molecule has 7 heterocycles. The maximum Gasteiger partial charge on any atom is 0.304 e. The van der Waals surface area contributed by atoms with Crippen LogP contribution in [-0.4, -0.2) is 55.5 Å². The van der Waals surface area contributed by atoms with Crippen LogP contribution < -0.4 is 4.74 Å². The van der Waals surface area contributed by atoms with E-state index in [4.69, 9.17) is 9.72 Å². The van der Waals surface area contributed by atoms with Gasteiger partial charge in [0.25, 0.3) is 5.91 Å². The zero-order valence-electron chi connectivity index (χ0n) is 23.6. The summed E-state index contributed by atoms with van der Waals surface area (Å²) < 4.78 is 7.52. The van der Waals surface area contributed by atoms with Crippen molar-refractivity contribution in [2.75, 3.05) is 13.7 Å². The van der Waals surface area contributed by atoms with E-state index < -0.39 is 11.9 Å². The quantitative estimate of drug-likeness (QED) is 0.377.